The monoisotopic (exact) mass is 201 g/mol. The van der Waals surface area contributed by atoms with E-state index in [9.17, 15) is 0 Å². The highest BCUT2D eigenvalue weighted by atomic mass is 35.5. The van der Waals surface area contributed by atoms with Gasteiger partial charge in [0.25, 0.3) is 0 Å². The minimum absolute atomic E-state index is 0.582. The summed E-state index contributed by atoms with van der Waals surface area (Å²) in [5.74, 6) is 0. The summed E-state index contributed by atoms with van der Waals surface area (Å²) in [6.45, 7) is 4.27. The molecule has 0 aliphatic rings. The summed E-state index contributed by atoms with van der Waals surface area (Å²) in [7, 11) is 0. The van der Waals surface area contributed by atoms with Gasteiger partial charge in [0.15, 0.2) is 0 Å². The number of benzene rings is 1. The van der Waals surface area contributed by atoms with Gasteiger partial charge in [-0.05, 0) is 23.9 Å². The fourth-order valence-electron chi connectivity index (χ4n) is 0.840. The number of nitrogens with one attached hydrogen (secondary N) is 1. The summed E-state index contributed by atoms with van der Waals surface area (Å²) >= 11 is 11.5. The van der Waals surface area contributed by atoms with Crippen molar-refractivity contribution in [3.8, 4) is 0 Å². The Balaban J connectivity index is 2.75. The largest absolute Gasteiger partial charge is 0.387 e. The quantitative estimate of drug-likeness (QED) is 0.793. The minimum atomic E-state index is 0.582. The zero-order chi connectivity index (χ0) is 8.97. The molecule has 0 aromatic heterocycles. The molecular weight excluding hydrogens is 193 g/mol. The van der Waals surface area contributed by atoms with E-state index in [0.29, 0.717) is 10.0 Å². The topological polar surface area (TPSA) is 12.0 Å². The fourth-order valence-corrected chi connectivity index (χ4v) is 1.16. The van der Waals surface area contributed by atoms with Gasteiger partial charge in [-0.15, -0.1) is 0 Å². The first-order valence-corrected chi connectivity index (χ1v) is 4.28. The van der Waals surface area contributed by atoms with Gasteiger partial charge in [0, 0.05) is 6.54 Å². The number of hydrogen-bond donors (Lipinski definition) is 1. The highest BCUT2D eigenvalue weighted by Gasteiger charge is 1.97. The summed E-state index contributed by atoms with van der Waals surface area (Å²) in [5.41, 5.74) is 1.09. The summed E-state index contributed by atoms with van der Waals surface area (Å²) < 4.78 is 0. The predicted molar refractivity (Wildman–Crippen MR) is 53.5 cm³/mol. The van der Waals surface area contributed by atoms with Crippen molar-refractivity contribution in [1.82, 2.24) is 5.32 Å². The van der Waals surface area contributed by atoms with Crippen molar-refractivity contribution < 1.29 is 0 Å². The van der Waals surface area contributed by atoms with E-state index < -0.39 is 0 Å². The van der Waals surface area contributed by atoms with Crippen molar-refractivity contribution >= 4 is 23.2 Å². The van der Waals surface area contributed by atoms with E-state index >= 15 is 0 Å². The van der Waals surface area contributed by atoms with E-state index in [4.69, 9.17) is 23.2 Å². The highest BCUT2D eigenvalue weighted by Crippen LogP contribution is 2.22. The molecule has 0 aliphatic carbocycles. The third-order valence-electron chi connectivity index (χ3n) is 1.43. The van der Waals surface area contributed by atoms with Gasteiger partial charge in [-0.2, -0.15) is 0 Å². The number of hydrogen-bond acceptors (Lipinski definition) is 1. The zero-order valence-corrected chi connectivity index (χ0v) is 7.99. The van der Waals surface area contributed by atoms with Crippen LogP contribution in [0.5, 0.6) is 0 Å². The van der Waals surface area contributed by atoms with Gasteiger partial charge in [0.05, 0.1) is 10.0 Å². The standard InChI is InChI=1S/C9H9Cl2N/c1-2-12-6-7-3-4-8(10)9(11)5-7/h2-5,12H,1,6H2. The van der Waals surface area contributed by atoms with Gasteiger partial charge in [-0.3, -0.25) is 0 Å². The molecule has 0 aliphatic heterocycles. The van der Waals surface area contributed by atoms with Crippen LogP contribution >= 0.6 is 23.2 Å². The molecule has 0 heterocycles. The van der Waals surface area contributed by atoms with Gasteiger partial charge in [-0.25, -0.2) is 0 Å². The first-order valence-electron chi connectivity index (χ1n) is 3.52. The second-order valence-corrected chi connectivity index (χ2v) is 3.15. The van der Waals surface area contributed by atoms with Crippen LogP contribution in [0.1, 0.15) is 5.56 Å². The third-order valence-corrected chi connectivity index (χ3v) is 2.17. The molecule has 1 N–H and O–H groups in total. The Morgan fingerprint density at radius 1 is 1.33 bits per heavy atom. The lowest BCUT2D eigenvalue weighted by molar-refractivity contribution is 0.873. The van der Waals surface area contributed by atoms with Gasteiger partial charge < -0.3 is 5.32 Å². The van der Waals surface area contributed by atoms with E-state index in [1.807, 2.05) is 12.1 Å². The number of rotatable bonds is 3. The molecule has 0 saturated carbocycles. The Labute approximate surface area is 82.0 Å². The molecule has 3 heteroatoms. The van der Waals surface area contributed by atoms with Crippen LogP contribution < -0.4 is 5.32 Å². The molecule has 0 bridgehead atoms. The molecule has 0 unspecified atom stereocenters. The van der Waals surface area contributed by atoms with Crippen LogP contribution in [0.15, 0.2) is 31.0 Å². The molecule has 0 saturated heterocycles. The van der Waals surface area contributed by atoms with Crippen molar-refractivity contribution in [3.05, 3.63) is 46.6 Å². The van der Waals surface area contributed by atoms with E-state index in [2.05, 4.69) is 11.9 Å². The molecule has 0 radical (unpaired) electrons. The summed E-state index contributed by atoms with van der Waals surface area (Å²) in [6.07, 6.45) is 1.64. The molecule has 12 heavy (non-hydrogen) atoms. The average Bonchev–Trinajstić information content (AvgIpc) is 2.07. The molecule has 64 valence electrons. The number of halogens is 2. The SMILES string of the molecule is C=CNCc1ccc(Cl)c(Cl)c1. The van der Waals surface area contributed by atoms with Gasteiger partial charge >= 0.3 is 0 Å². The molecule has 0 spiro atoms. The lowest BCUT2D eigenvalue weighted by Gasteiger charge is -2.02. The zero-order valence-electron chi connectivity index (χ0n) is 6.48. The molecule has 1 nitrogen and oxygen atoms in total. The lowest BCUT2D eigenvalue weighted by atomic mass is 10.2. The average molecular weight is 202 g/mol. The summed E-state index contributed by atoms with van der Waals surface area (Å²) in [6, 6.07) is 5.54. The Hall–Kier alpha value is -0.660. The second-order valence-electron chi connectivity index (χ2n) is 2.33. The van der Waals surface area contributed by atoms with Crippen molar-refractivity contribution in [2.75, 3.05) is 0 Å². The normalized spacial score (nSPS) is 9.50. The smallest absolute Gasteiger partial charge is 0.0595 e. The van der Waals surface area contributed by atoms with Crippen LogP contribution in [-0.2, 0) is 6.54 Å². The van der Waals surface area contributed by atoms with Crippen molar-refractivity contribution in [2.24, 2.45) is 0 Å². The Bertz CT molecular complexity index is 284. The van der Waals surface area contributed by atoms with E-state index in [0.717, 1.165) is 12.1 Å². The van der Waals surface area contributed by atoms with Gasteiger partial charge in [-0.1, -0.05) is 35.8 Å². The summed E-state index contributed by atoms with van der Waals surface area (Å²) in [4.78, 5) is 0. The maximum atomic E-state index is 5.81. The van der Waals surface area contributed by atoms with E-state index in [-0.39, 0.29) is 0 Å². The van der Waals surface area contributed by atoms with Crippen molar-refractivity contribution in [1.29, 1.82) is 0 Å². The van der Waals surface area contributed by atoms with Crippen LogP contribution in [0.4, 0.5) is 0 Å². The maximum absolute atomic E-state index is 5.81. The molecular formula is C9H9Cl2N. The molecule has 0 atom stereocenters. The third kappa shape index (κ3) is 2.43. The Morgan fingerprint density at radius 3 is 2.67 bits per heavy atom. The van der Waals surface area contributed by atoms with E-state index in [1.54, 1.807) is 12.3 Å². The maximum Gasteiger partial charge on any atom is 0.0595 e. The minimum Gasteiger partial charge on any atom is -0.387 e. The summed E-state index contributed by atoms with van der Waals surface area (Å²) in [5, 5.41) is 4.14. The lowest BCUT2D eigenvalue weighted by Crippen LogP contribution is -2.02. The Morgan fingerprint density at radius 2 is 2.08 bits per heavy atom. The first kappa shape index (κ1) is 9.43. The molecule has 1 aromatic rings. The first-order chi connectivity index (χ1) is 5.74. The van der Waals surface area contributed by atoms with Gasteiger partial charge in [0.2, 0.25) is 0 Å². The second kappa shape index (κ2) is 4.39. The molecule has 0 amide bonds. The van der Waals surface area contributed by atoms with Gasteiger partial charge in [0.1, 0.15) is 0 Å². The van der Waals surface area contributed by atoms with Crippen molar-refractivity contribution in [3.63, 3.8) is 0 Å². The van der Waals surface area contributed by atoms with Crippen LogP contribution in [0.3, 0.4) is 0 Å². The molecule has 0 fully saturated rings. The van der Waals surface area contributed by atoms with Crippen LogP contribution in [0.2, 0.25) is 10.0 Å². The predicted octanol–water partition coefficient (Wildman–Crippen LogP) is 3.23. The van der Waals surface area contributed by atoms with Crippen molar-refractivity contribution in [2.45, 2.75) is 6.54 Å². The highest BCUT2D eigenvalue weighted by molar-refractivity contribution is 6.41. The molecule has 1 rings (SSSR count). The van der Waals surface area contributed by atoms with Crippen LogP contribution in [0.25, 0.3) is 0 Å². The van der Waals surface area contributed by atoms with Crippen LogP contribution in [-0.4, -0.2) is 0 Å². The van der Waals surface area contributed by atoms with E-state index in [1.165, 1.54) is 0 Å². The molecule has 1 aromatic carbocycles. The fraction of sp³-hybridized carbons (Fsp3) is 0.111. The Kier molecular flexibility index (Phi) is 3.45. The van der Waals surface area contributed by atoms with Crippen LogP contribution in [0, 0.1) is 0 Å².